The van der Waals surface area contributed by atoms with E-state index in [1.165, 1.54) is 0 Å². The van der Waals surface area contributed by atoms with Gasteiger partial charge in [0.25, 0.3) is 0 Å². The van der Waals surface area contributed by atoms with Crippen LogP contribution in [0.15, 0.2) is 18.2 Å². The van der Waals surface area contributed by atoms with Crippen LogP contribution in [0.4, 0.5) is 0 Å². The highest BCUT2D eigenvalue weighted by Gasteiger charge is 2.28. The average Bonchev–Trinajstić information content (AvgIpc) is 2.36. The molecule has 0 fully saturated rings. The summed E-state index contributed by atoms with van der Waals surface area (Å²) in [6, 6.07) is 5.21. The Balaban J connectivity index is 2.90. The molecular formula is C13H19Cl2NO2. The molecule has 1 aromatic rings. The number of hydrogen-bond acceptors (Lipinski definition) is 3. The Morgan fingerprint density at radius 2 is 1.89 bits per heavy atom. The summed E-state index contributed by atoms with van der Waals surface area (Å²) in [4.78, 5) is 0. The highest BCUT2D eigenvalue weighted by molar-refractivity contribution is 6.35. The van der Waals surface area contributed by atoms with Gasteiger partial charge >= 0.3 is 0 Å². The molecule has 0 spiro atoms. The molecule has 0 saturated carbocycles. The lowest BCUT2D eigenvalue weighted by Crippen LogP contribution is -2.52. The third kappa shape index (κ3) is 3.59. The lowest BCUT2D eigenvalue weighted by atomic mass is 9.95. The minimum absolute atomic E-state index is 0.0889. The molecule has 0 bridgehead atoms. The van der Waals surface area contributed by atoms with Crippen molar-refractivity contribution in [2.24, 2.45) is 0 Å². The van der Waals surface area contributed by atoms with Gasteiger partial charge in [0.05, 0.1) is 18.8 Å². The van der Waals surface area contributed by atoms with Gasteiger partial charge in [0.1, 0.15) is 0 Å². The van der Waals surface area contributed by atoms with E-state index in [-0.39, 0.29) is 19.3 Å². The first-order valence-corrected chi connectivity index (χ1v) is 6.68. The number of rotatable bonds is 6. The molecule has 0 heterocycles. The molecule has 5 heteroatoms. The zero-order valence-electron chi connectivity index (χ0n) is 10.6. The molecule has 3 N–H and O–H groups in total. The minimum atomic E-state index is -0.692. The summed E-state index contributed by atoms with van der Waals surface area (Å²) in [6.07, 6.45) is 0.621. The van der Waals surface area contributed by atoms with Crippen LogP contribution in [-0.2, 0) is 0 Å². The van der Waals surface area contributed by atoms with Crippen molar-refractivity contribution in [3.63, 3.8) is 0 Å². The Morgan fingerprint density at radius 3 is 2.33 bits per heavy atom. The van der Waals surface area contributed by atoms with Gasteiger partial charge < -0.3 is 15.5 Å². The molecule has 3 nitrogen and oxygen atoms in total. The predicted molar refractivity (Wildman–Crippen MR) is 75.2 cm³/mol. The molecule has 0 aliphatic heterocycles. The van der Waals surface area contributed by atoms with Crippen molar-refractivity contribution in [1.29, 1.82) is 0 Å². The Hall–Kier alpha value is -0.320. The maximum absolute atomic E-state index is 9.41. The van der Waals surface area contributed by atoms with Crippen molar-refractivity contribution >= 4 is 23.2 Å². The Labute approximate surface area is 118 Å². The van der Waals surface area contributed by atoms with E-state index in [0.717, 1.165) is 5.56 Å². The first kappa shape index (κ1) is 15.7. The van der Waals surface area contributed by atoms with Gasteiger partial charge in [-0.3, -0.25) is 0 Å². The Kier molecular flexibility index (Phi) is 5.89. The summed E-state index contributed by atoms with van der Waals surface area (Å²) in [7, 11) is 0. The van der Waals surface area contributed by atoms with Crippen molar-refractivity contribution in [1.82, 2.24) is 5.32 Å². The average molecular weight is 292 g/mol. The SMILES string of the molecule is CCC(CO)(CO)NC(C)c1ccc(Cl)cc1Cl. The maximum Gasteiger partial charge on any atom is 0.0650 e. The fraction of sp³-hybridized carbons (Fsp3) is 0.538. The van der Waals surface area contributed by atoms with E-state index in [2.05, 4.69) is 5.32 Å². The molecule has 0 radical (unpaired) electrons. The smallest absolute Gasteiger partial charge is 0.0650 e. The van der Waals surface area contributed by atoms with Gasteiger partial charge in [0, 0.05) is 16.1 Å². The van der Waals surface area contributed by atoms with Gasteiger partial charge in [-0.2, -0.15) is 0 Å². The summed E-state index contributed by atoms with van der Waals surface area (Å²) >= 11 is 12.0. The van der Waals surface area contributed by atoms with Gasteiger partial charge in [0.2, 0.25) is 0 Å². The molecule has 0 aromatic heterocycles. The van der Waals surface area contributed by atoms with Crippen molar-refractivity contribution in [2.75, 3.05) is 13.2 Å². The van der Waals surface area contributed by atoms with E-state index in [4.69, 9.17) is 23.2 Å². The highest BCUT2D eigenvalue weighted by atomic mass is 35.5. The van der Waals surface area contributed by atoms with E-state index < -0.39 is 5.54 Å². The van der Waals surface area contributed by atoms with Crippen molar-refractivity contribution in [3.05, 3.63) is 33.8 Å². The third-order valence-electron chi connectivity index (χ3n) is 3.23. The number of aliphatic hydroxyl groups excluding tert-OH is 2. The van der Waals surface area contributed by atoms with Crippen molar-refractivity contribution in [2.45, 2.75) is 31.8 Å². The molecule has 102 valence electrons. The van der Waals surface area contributed by atoms with Crippen LogP contribution in [0.5, 0.6) is 0 Å². The summed E-state index contributed by atoms with van der Waals surface area (Å²) in [5.41, 5.74) is 0.198. The second kappa shape index (κ2) is 6.73. The number of benzene rings is 1. The fourth-order valence-electron chi connectivity index (χ4n) is 1.86. The van der Waals surface area contributed by atoms with E-state index in [1.807, 2.05) is 19.9 Å². The first-order chi connectivity index (χ1) is 8.48. The minimum Gasteiger partial charge on any atom is -0.394 e. The molecule has 0 amide bonds. The molecule has 0 aliphatic rings. The normalized spacial score (nSPS) is 13.7. The number of aliphatic hydroxyl groups is 2. The summed E-state index contributed by atoms with van der Waals surface area (Å²) in [5, 5.41) is 23.2. The summed E-state index contributed by atoms with van der Waals surface area (Å²) < 4.78 is 0. The zero-order valence-corrected chi connectivity index (χ0v) is 12.1. The van der Waals surface area contributed by atoms with Crippen LogP contribution in [0.25, 0.3) is 0 Å². The van der Waals surface area contributed by atoms with E-state index in [0.29, 0.717) is 16.5 Å². The molecule has 18 heavy (non-hydrogen) atoms. The Bertz CT molecular complexity index is 386. The third-order valence-corrected chi connectivity index (χ3v) is 3.80. The van der Waals surface area contributed by atoms with Crippen LogP contribution in [0.3, 0.4) is 0 Å². The Morgan fingerprint density at radius 1 is 1.28 bits per heavy atom. The van der Waals surface area contributed by atoms with E-state index >= 15 is 0 Å². The van der Waals surface area contributed by atoms with Gasteiger partial charge in [-0.15, -0.1) is 0 Å². The molecule has 0 saturated heterocycles. The molecule has 1 aromatic carbocycles. The van der Waals surface area contributed by atoms with Gasteiger partial charge in [-0.1, -0.05) is 36.2 Å². The molecule has 1 rings (SSSR count). The topological polar surface area (TPSA) is 52.5 Å². The van der Waals surface area contributed by atoms with Crippen molar-refractivity contribution in [3.8, 4) is 0 Å². The molecule has 1 unspecified atom stereocenters. The van der Waals surface area contributed by atoms with Crippen LogP contribution >= 0.6 is 23.2 Å². The van der Waals surface area contributed by atoms with Crippen LogP contribution in [0, 0.1) is 0 Å². The molecule has 1 atom stereocenters. The van der Waals surface area contributed by atoms with Gasteiger partial charge in [0.15, 0.2) is 0 Å². The zero-order chi connectivity index (χ0) is 13.8. The predicted octanol–water partition coefficient (Wildman–Crippen LogP) is 2.78. The monoisotopic (exact) mass is 291 g/mol. The highest BCUT2D eigenvalue weighted by Crippen LogP contribution is 2.27. The van der Waals surface area contributed by atoms with E-state index in [1.54, 1.807) is 12.1 Å². The number of nitrogens with one attached hydrogen (secondary N) is 1. The standard InChI is InChI=1S/C13H19Cl2NO2/c1-3-13(7-17,8-18)16-9(2)11-5-4-10(14)6-12(11)15/h4-6,9,16-18H,3,7-8H2,1-2H3. The molecular weight excluding hydrogens is 273 g/mol. The van der Waals surface area contributed by atoms with E-state index in [9.17, 15) is 10.2 Å². The summed E-state index contributed by atoms with van der Waals surface area (Å²) in [6.45, 7) is 3.59. The quantitative estimate of drug-likeness (QED) is 0.755. The first-order valence-electron chi connectivity index (χ1n) is 5.92. The number of hydrogen-bond donors (Lipinski definition) is 3. The lowest BCUT2D eigenvalue weighted by Gasteiger charge is -2.33. The largest absolute Gasteiger partial charge is 0.394 e. The molecule has 0 aliphatic carbocycles. The van der Waals surface area contributed by atoms with Crippen LogP contribution in [0.1, 0.15) is 31.9 Å². The van der Waals surface area contributed by atoms with Crippen LogP contribution in [-0.4, -0.2) is 29.0 Å². The fourth-order valence-corrected chi connectivity index (χ4v) is 2.43. The van der Waals surface area contributed by atoms with Gasteiger partial charge in [-0.05, 0) is 31.0 Å². The van der Waals surface area contributed by atoms with Gasteiger partial charge in [-0.25, -0.2) is 0 Å². The second-order valence-electron chi connectivity index (χ2n) is 4.48. The number of halogens is 2. The van der Waals surface area contributed by atoms with Crippen LogP contribution in [0.2, 0.25) is 10.0 Å². The van der Waals surface area contributed by atoms with Crippen molar-refractivity contribution < 1.29 is 10.2 Å². The second-order valence-corrected chi connectivity index (χ2v) is 5.33. The maximum atomic E-state index is 9.41. The lowest BCUT2D eigenvalue weighted by molar-refractivity contribution is 0.0793. The summed E-state index contributed by atoms with van der Waals surface area (Å²) in [5.74, 6) is 0. The van der Waals surface area contributed by atoms with Crippen LogP contribution < -0.4 is 5.32 Å².